The maximum absolute atomic E-state index is 5.28. The van der Waals surface area contributed by atoms with E-state index in [9.17, 15) is 0 Å². The molecule has 0 aromatic carbocycles. The zero-order valence-corrected chi connectivity index (χ0v) is 15.1. The number of methoxy groups -OCH3 is 1. The first-order chi connectivity index (χ1) is 11.5. The Morgan fingerprint density at radius 3 is 2.54 bits per heavy atom. The Morgan fingerprint density at radius 1 is 1.21 bits per heavy atom. The van der Waals surface area contributed by atoms with Crippen molar-refractivity contribution in [3.05, 3.63) is 36.0 Å². The molecule has 6 nitrogen and oxygen atoms in total. The normalized spacial score (nSPS) is 16.6. The number of nitrogens with zero attached hydrogens (tertiary/aromatic N) is 5. The molecule has 0 aliphatic carbocycles. The summed E-state index contributed by atoms with van der Waals surface area (Å²) in [4.78, 5) is 11.9. The van der Waals surface area contributed by atoms with Crippen LogP contribution in [0.25, 0.3) is 0 Å². The Kier molecular flexibility index (Phi) is 4.85. The third-order valence-electron chi connectivity index (χ3n) is 4.42. The van der Waals surface area contributed by atoms with E-state index in [1.54, 1.807) is 7.11 Å². The van der Waals surface area contributed by atoms with Crippen molar-refractivity contribution in [2.75, 3.05) is 25.1 Å². The smallest absolute Gasteiger partial charge is 0.136 e. The van der Waals surface area contributed by atoms with Gasteiger partial charge in [-0.3, -0.25) is 4.68 Å². The molecule has 0 bridgehead atoms. The highest BCUT2D eigenvalue weighted by molar-refractivity contribution is 5.41. The van der Waals surface area contributed by atoms with E-state index in [2.05, 4.69) is 52.7 Å². The summed E-state index contributed by atoms with van der Waals surface area (Å²) >= 11 is 0. The Labute approximate surface area is 143 Å². The van der Waals surface area contributed by atoms with Crippen LogP contribution in [0.2, 0.25) is 0 Å². The van der Waals surface area contributed by atoms with E-state index in [0.717, 1.165) is 43.3 Å². The average molecular weight is 329 g/mol. The molecule has 6 heteroatoms. The predicted molar refractivity (Wildman–Crippen MR) is 94.2 cm³/mol. The zero-order chi connectivity index (χ0) is 17.2. The molecule has 24 heavy (non-hydrogen) atoms. The summed E-state index contributed by atoms with van der Waals surface area (Å²) in [5.74, 6) is 1.89. The summed E-state index contributed by atoms with van der Waals surface area (Å²) in [6.45, 7) is 8.92. The molecule has 1 aliphatic rings. The maximum atomic E-state index is 5.28. The molecule has 1 aliphatic heterocycles. The summed E-state index contributed by atoms with van der Waals surface area (Å²) < 4.78 is 7.36. The molecular weight excluding hydrogens is 302 g/mol. The molecule has 3 heterocycles. The van der Waals surface area contributed by atoms with Gasteiger partial charge in [0.15, 0.2) is 0 Å². The average Bonchev–Trinajstić information content (AvgIpc) is 3.09. The topological polar surface area (TPSA) is 56.1 Å². The fourth-order valence-corrected chi connectivity index (χ4v) is 3.06. The van der Waals surface area contributed by atoms with Crippen LogP contribution in [0.3, 0.4) is 0 Å². The standard InChI is InChI=1S/C18H27N5O/c1-18(2,3)17-20-14(13-24-4)12-16(21-17)22-10-6-15(7-11-22)23-9-5-8-19-23/h5,8-9,12,15H,6-7,10-11,13H2,1-4H3. The van der Waals surface area contributed by atoms with Gasteiger partial charge < -0.3 is 9.64 Å². The predicted octanol–water partition coefficient (Wildman–Crippen LogP) is 2.96. The molecule has 1 fully saturated rings. The number of hydrogen-bond acceptors (Lipinski definition) is 5. The third-order valence-corrected chi connectivity index (χ3v) is 4.42. The van der Waals surface area contributed by atoms with Gasteiger partial charge in [-0.15, -0.1) is 0 Å². The van der Waals surface area contributed by atoms with Crippen LogP contribution in [-0.2, 0) is 16.8 Å². The van der Waals surface area contributed by atoms with Crippen LogP contribution in [0.15, 0.2) is 24.5 Å². The van der Waals surface area contributed by atoms with Crippen molar-refractivity contribution in [1.29, 1.82) is 0 Å². The van der Waals surface area contributed by atoms with E-state index < -0.39 is 0 Å². The van der Waals surface area contributed by atoms with Crippen molar-refractivity contribution in [2.45, 2.75) is 51.7 Å². The lowest BCUT2D eigenvalue weighted by Crippen LogP contribution is -2.36. The highest BCUT2D eigenvalue weighted by Gasteiger charge is 2.24. The monoisotopic (exact) mass is 329 g/mol. The molecule has 0 amide bonds. The van der Waals surface area contributed by atoms with Crippen molar-refractivity contribution in [2.24, 2.45) is 0 Å². The molecule has 3 rings (SSSR count). The van der Waals surface area contributed by atoms with E-state index in [4.69, 9.17) is 9.72 Å². The van der Waals surface area contributed by atoms with Gasteiger partial charge in [-0.25, -0.2) is 9.97 Å². The second kappa shape index (κ2) is 6.89. The number of ether oxygens (including phenoxy) is 1. The highest BCUT2D eigenvalue weighted by Crippen LogP contribution is 2.27. The van der Waals surface area contributed by atoms with Crippen LogP contribution in [0.4, 0.5) is 5.82 Å². The van der Waals surface area contributed by atoms with E-state index in [0.29, 0.717) is 12.6 Å². The van der Waals surface area contributed by atoms with E-state index in [1.165, 1.54) is 0 Å². The van der Waals surface area contributed by atoms with Crippen LogP contribution in [0.5, 0.6) is 0 Å². The van der Waals surface area contributed by atoms with E-state index in [1.807, 2.05) is 12.3 Å². The maximum Gasteiger partial charge on any atom is 0.136 e. The van der Waals surface area contributed by atoms with Crippen LogP contribution in [-0.4, -0.2) is 39.9 Å². The number of hydrogen-bond donors (Lipinski definition) is 0. The number of anilines is 1. The van der Waals surface area contributed by atoms with Crippen molar-refractivity contribution in [3.63, 3.8) is 0 Å². The zero-order valence-electron chi connectivity index (χ0n) is 15.1. The Balaban J connectivity index is 1.78. The summed E-state index contributed by atoms with van der Waals surface area (Å²) in [5, 5.41) is 4.38. The molecule has 1 saturated heterocycles. The summed E-state index contributed by atoms with van der Waals surface area (Å²) in [7, 11) is 1.70. The van der Waals surface area contributed by atoms with Gasteiger partial charge in [-0.1, -0.05) is 20.8 Å². The van der Waals surface area contributed by atoms with Gasteiger partial charge >= 0.3 is 0 Å². The molecule has 0 spiro atoms. The summed E-state index contributed by atoms with van der Waals surface area (Å²) in [6, 6.07) is 4.54. The molecule has 130 valence electrons. The minimum Gasteiger partial charge on any atom is -0.378 e. The fraction of sp³-hybridized carbons (Fsp3) is 0.611. The lowest BCUT2D eigenvalue weighted by Gasteiger charge is -2.33. The second-order valence-electron chi connectivity index (χ2n) is 7.43. The van der Waals surface area contributed by atoms with Gasteiger partial charge in [0.05, 0.1) is 18.3 Å². The van der Waals surface area contributed by atoms with Crippen LogP contribution >= 0.6 is 0 Å². The van der Waals surface area contributed by atoms with Gasteiger partial charge in [0.1, 0.15) is 11.6 Å². The molecule has 2 aromatic rings. The second-order valence-corrected chi connectivity index (χ2v) is 7.43. The van der Waals surface area contributed by atoms with Gasteiger partial charge in [0, 0.05) is 44.1 Å². The van der Waals surface area contributed by atoms with E-state index in [-0.39, 0.29) is 5.41 Å². The van der Waals surface area contributed by atoms with E-state index >= 15 is 0 Å². The summed E-state index contributed by atoms with van der Waals surface area (Å²) in [5.41, 5.74) is 0.868. The number of aromatic nitrogens is 4. The van der Waals surface area contributed by atoms with Gasteiger partial charge in [-0.05, 0) is 18.9 Å². The molecule has 0 unspecified atom stereocenters. The van der Waals surface area contributed by atoms with Crippen LogP contribution < -0.4 is 4.90 Å². The molecule has 0 atom stereocenters. The minimum absolute atomic E-state index is 0.0775. The van der Waals surface area contributed by atoms with Crippen molar-refractivity contribution >= 4 is 5.82 Å². The fourth-order valence-electron chi connectivity index (χ4n) is 3.06. The first kappa shape index (κ1) is 16.9. The van der Waals surface area contributed by atoms with Crippen LogP contribution in [0, 0.1) is 0 Å². The Bertz CT molecular complexity index is 655. The number of piperidine rings is 1. The molecule has 0 N–H and O–H groups in total. The lowest BCUT2D eigenvalue weighted by molar-refractivity contribution is 0.181. The summed E-state index contributed by atoms with van der Waals surface area (Å²) in [6.07, 6.45) is 6.06. The minimum atomic E-state index is -0.0775. The first-order valence-electron chi connectivity index (χ1n) is 8.59. The largest absolute Gasteiger partial charge is 0.378 e. The SMILES string of the molecule is COCc1cc(N2CCC(n3cccn3)CC2)nc(C(C)(C)C)n1. The third kappa shape index (κ3) is 3.75. The van der Waals surface area contributed by atoms with Crippen molar-refractivity contribution in [3.8, 4) is 0 Å². The Hall–Kier alpha value is -1.95. The van der Waals surface area contributed by atoms with Gasteiger partial charge in [0.2, 0.25) is 0 Å². The van der Waals surface area contributed by atoms with Crippen molar-refractivity contribution < 1.29 is 4.74 Å². The van der Waals surface area contributed by atoms with Gasteiger partial charge in [0.25, 0.3) is 0 Å². The quantitative estimate of drug-likeness (QED) is 0.863. The molecule has 0 saturated carbocycles. The van der Waals surface area contributed by atoms with Crippen molar-refractivity contribution in [1.82, 2.24) is 19.7 Å². The molecular formula is C18H27N5O. The number of rotatable bonds is 4. The molecule has 2 aromatic heterocycles. The Morgan fingerprint density at radius 2 is 1.96 bits per heavy atom. The highest BCUT2D eigenvalue weighted by atomic mass is 16.5. The first-order valence-corrected chi connectivity index (χ1v) is 8.59. The van der Waals surface area contributed by atoms with Gasteiger partial charge in [-0.2, -0.15) is 5.10 Å². The van der Waals surface area contributed by atoms with Crippen LogP contribution in [0.1, 0.15) is 51.2 Å². The molecule has 0 radical (unpaired) electrons. The lowest BCUT2D eigenvalue weighted by atomic mass is 9.95.